The smallest absolute Gasteiger partial charge is 0.272 e. The van der Waals surface area contributed by atoms with E-state index in [1.807, 2.05) is 24.3 Å². The van der Waals surface area contributed by atoms with Crippen molar-refractivity contribution in [2.24, 2.45) is 0 Å². The first-order valence-electron chi connectivity index (χ1n) is 10.5. The monoisotopic (exact) mass is 487 g/mol. The number of nitrogens with one attached hydrogen (secondary N) is 2. The third-order valence-electron chi connectivity index (χ3n) is 6.31. The summed E-state index contributed by atoms with van der Waals surface area (Å²) in [5.74, 6) is -0.880. The molecule has 9 heteroatoms. The van der Waals surface area contributed by atoms with Crippen molar-refractivity contribution in [2.75, 3.05) is 7.05 Å². The number of aromatic nitrogens is 2. The van der Waals surface area contributed by atoms with Crippen LogP contribution in [-0.2, 0) is 17.9 Å². The molecule has 4 rings (SSSR count). The molecule has 0 radical (unpaired) electrons. The number of fused-ring (bicyclic) bond motifs is 1. The number of hydrogen-bond donors (Lipinski definition) is 2. The van der Waals surface area contributed by atoms with Crippen LogP contribution < -0.4 is 10.6 Å². The lowest BCUT2D eigenvalue weighted by Crippen LogP contribution is -2.63. The normalized spacial score (nSPS) is 21.1. The Morgan fingerprint density at radius 2 is 1.97 bits per heavy atom. The van der Waals surface area contributed by atoms with Gasteiger partial charge in [-0.2, -0.15) is 5.10 Å². The molecule has 0 unspecified atom stereocenters. The molecule has 2 aliphatic rings. The molecule has 31 heavy (non-hydrogen) atoms. The third-order valence-corrected chi connectivity index (χ3v) is 7.08. The topological polar surface area (TPSA) is 96.3 Å². The Morgan fingerprint density at radius 1 is 1.26 bits per heavy atom. The fourth-order valence-corrected chi connectivity index (χ4v) is 4.58. The van der Waals surface area contributed by atoms with E-state index in [-0.39, 0.29) is 36.0 Å². The highest BCUT2D eigenvalue weighted by Crippen LogP contribution is 2.27. The third kappa shape index (κ3) is 4.11. The largest absolute Gasteiger partial charge is 0.351 e. The van der Waals surface area contributed by atoms with E-state index in [0.29, 0.717) is 12.2 Å². The molecule has 1 saturated carbocycles. The van der Waals surface area contributed by atoms with E-state index < -0.39 is 5.54 Å². The van der Waals surface area contributed by atoms with Crippen molar-refractivity contribution in [3.05, 3.63) is 51.8 Å². The number of amides is 3. The van der Waals surface area contributed by atoms with E-state index in [1.165, 1.54) is 15.6 Å². The van der Waals surface area contributed by atoms with Crippen molar-refractivity contribution in [1.29, 1.82) is 0 Å². The van der Waals surface area contributed by atoms with Crippen LogP contribution in [0.4, 0.5) is 0 Å². The zero-order chi connectivity index (χ0) is 22.2. The fraction of sp³-hybridized carbons (Fsp3) is 0.455. The first-order valence-corrected chi connectivity index (χ1v) is 11.3. The standard InChI is InChI=1S/C22H26BrN5O3/c1-22(21(31)25-15-8-4-5-9-15)13-28-18(20(30)27(22)2)11-17(26-28)19(29)24-12-14-7-3-6-10-16(14)23/h3,6-7,10-11,15H,4-5,8-9,12-13H2,1-2H3,(H,24,29)(H,25,31)/t22-/m1/s1. The van der Waals surface area contributed by atoms with Crippen molar-refractivity contribution in [1.82, 2.24) is 25.3 Å². The minimum absolute atomic E-state index is 0.157. The Morgan fingerprint density at radius 3 is 2.68 bits per heavy atom. The lowest BCUT2D eigenvalue weighted by molar-refractivity contribution is -0.133. The second-order valence-corrected chi connectivity index (χ2v) is 9.29. The minimum Gasteiger partial charge on any atom is -0.351 e. The first-order chi connectivity index (χ1) is 14.8. The quantitative estimate of drug-likeness (QED) is 0.676. The van der Waals surface area contributed by atoms with Crippen LogP contribution in [0.25, 0.3) is 0 Å². The molecule has 8 nitrogen and oxygen atoms in total. The van der Waals surface area contributed by atoms with Crippen molar-refractivity contribution in [3.63, 3.8) is 0 Å². The zero-order valence-electron chi connectivity index (χ0n) is 17.7. The lowest BCUT2D eigenvalue weighted by atomic mass is 9.95. The van der Waals surface area contributed by atoms with Crippen LogP contribution >= 0.6 is 15.9 Å². The molecule has 164 valence electrons. The first kappa shape index (κ1) is 21.5. The van der Waals surface area contributed by atoms with E-state index in [9.17, 15) is 14.4 Å². The molecule has 0 spiro atoms. The molecule has 1 fully saturated rings. The van der Waals surface area contributed by atoms with Gasteiger partial charge in [-0.3, -0.25) is 19.1 Å². The van der Waals surface area contributed by atoms with Crippen LogP contribution in [0.15, 0.2) is 34.8 Å². The van der Waals surface area contributed by atoms with Crippen LogP contribution in [0, 0.1) is 0 Å². The maximum absolute atomic E-state index is 13.0. The molecule has 0 saturated heterocycles. The Labute approximate surface area is 189 Å². The van der Waals surface area contributed by atoms with Gasteiger partial charge in [-0.1, -0.05) is 47.0 Å². The van der Waals surface area contributed by atoms with Gasteiger partial charge in [-0.25, -0.2) is 0 Å². The lowest BCUT2D eigenvalue weighted by Gasteiger charge is -2.41. The summed E-state index contributed by atoms with van der Waals surface area (Å²) in [4.78, 5) is 40.1. The highest BCUT2D eigenvalue weighted by atomic mass is 79.9. The predicted molar refractivity (Wildman–Crippen MR) is 118 cm³/mol. The van der Waals surface area contributed by atoms with Crippen LogP contribution in [0.5, 0.6) is 0 Å². The van der Waals surface area contributed by atoms with Gasteiger partial charge < -0.3 is 15.5 Å². The molecule has 2 aromatic rings. The van der Waals surface area contributed by atoms with Crippen LogP contribution in [0.2, 0.25) is 0 Å². The van der Waals surface area contributed by atoms with E-state index in [2.05, 4.69) is 31.7 Å². The number of carbonyl (C=O) groups excluding carboxylic acids is 3. The van der Waals surface area contributed by atoms with E-state index in [0.717, 1.165) is 35.7 Å². The number of rotatable bonds is 5. The summed E-state index contributed by atoms with van der Waals surface area (Å²) < 4.78 is 2.38. The SMILES string of the molecule is CN1C(=O)c2cc(C(=O)NCc3ccccc3Br)nn2C[C@]1(C)C(=O)NC1CCCC1. The van der Waals surface area contributed by atoms with Crippen molar-refractivity contribution >= 4 is 33.7 Å². The summed E-state index contributed by atoms with van der Waals surface area (Å²) in [6.07, 6.45) is 4.15. The van der Waals surface area contributed by atoms with E-state index >= 15 is 0 Å². The van der Waals surface area contributed by atoms with Gasteiger partial charge in [0.15, 0.2) is 5.69 Å². The van der Waals surface area contributed by atoms with Gasteiger partial charge in [0.1, 0.15) is 11.2 Å². The van der Waals surface area contributed by atoms with Crippen molar-refractivity contribution in [2.45, 2.75) is 57.3 Å². The van der Waals surface area contributed by atoms with Crippen LogP contribution in [-0.4, -0.2) is 51.0 Å². The van der Waals surface area contributed by atoms with E-state index in [1.54, 1.807) is 14.0 Å². The second kappa shape index (κ2) is 8.45. The van der Waals surface area contributed by atoms with Gasteiger partial charge in [0, 0.05) is 30.2 Å². The Bertz CT molecular complexity index is 1030. The fourth-order valence-electron chi connectivity index (χ4n) is 4.16. The van der Waals surface area contributed by atoms with E-state index in [4.69, 9.17) is 0 Å². The minimum atomic E-state index is -1.07. The molecule has 3 amide bonds. The van der Waals surface area contributed by atoms with Gasteiger partial charge in [0.25, 0.3) is 11.8 Å². The van der Waals surface area contributed by atoms with Gasteiger partial charge in [-0.15, -0.1) is 0 Å². The molecule has 1 aliphatic heterocycles. The maximum Gasteiger partial charge on any atom is 0.272 e. The summed E-state index contributed by atoms with van der Waals surface area (Å²) >= 11 is 3.46. The number of likely N-dealkylation sites (N-methyl/N-ethyl adjacent to an activating group) is 1. The molecule has 2 N–H and O–H groups in total. The highest BCUT2D eigenvalue weighted by molar-refractivity contribution is 9.10. The van der Waals surface area contributed by atoms with Gasteiger partial charge in [-0.05, 0) is 31.4 Å². The Balaban J connectivity index is 1.50. The summed E-state index contributed by atoms with van der Waals surface area (Å²) in [6.45, 7) is 2.27. The molecular weight excluding hydrogens is 462 g/mol. The van der Waals surface area contributed by atoms with Crippen LogP contribution in [0.3, 0.4) is 0 Å². The average molecular weight is 488 g/mol. The van der Waals surface area contributed by atoms with Crippen molar-refractivity contribution < 1.29 is 14.4 Å². The molecule has 0 bridgehead atoms. The molecular formula is C22H26BrN5O3. The van der Waals surface area contributed by atoms with Gasteiger partial charge >= 0.3 is 0 Å². The summed E-state index contributed by atoms with van der Waals surface area (Å²) in [6, 6.07) is 9.26. The van der Waals surface area contributed by atoms with Gasteiger partial charge in [0.05, 0.1) is 6.54 Å². The summed E-state index contributed by atoms with van der Waals surface area (Å²) in [5, 5.41) is 10.3. The predicted octanol–water partition coefficient (Wildman–Crippen LogP) is 2.48. The number of nitrogens with zero attached hydrogens (tertiary/aromatic N) is 3. The second-order valence-electron chi connectivity index (χ2n) is 8.44. The number of hydrogen-bond acceptors (Lipinski definition) is 4. The van der Waals surface area contributed by atoms with Gasteiger partial charge in [0.2, 0.25) is 5.91 Å². The van der Waals surface area contributed by atoms with Crippen molar-refractivity contribution in [3.8, 4) is 0 Å². The Kier molecular flexibility index (Phi) is 5.88. The maximum atomic E-state index is 13.0. The Hall–Kier alpha value is -2.68. The molecule has 1 aliphatic carbocycles. The number of halogens is 1. The number of carbonyl (C=O) groups is 3. The number of benzene rings is 1. The molecule has 1 aromatic carbocycles. The zero-order valence-corrected chi connectivity index (χ0v) is 19.2. The molecule has 2 heterocycles. The summed E-state index contributed by atoms with van der Waals surface area (Å²) in [7, 11) is 1.62. The summed E-state index contributed by atoms with van der Waals surface area (Å²) in [5.41, 5.74) is 0.331. The average Bonchev–Trinajstić information content (AvgIpc) is 3.41. The van der Waals surface area contributed by atoms with Crippen LogP contribution in [0.1, 0.15) is 59.1 Å². The highest BCUT2D eigenvalue weighted by Gasteiger charge is 2.46. The molecule has 1 atom stereocenters. The molecule has 1 aromatic heterocycles.